The lowest BCUT2D eigenvalue weighted by Gasteiger charge is -2.17. The molecule has 1 aromatic heterocycles. The SMILES string of the molecule is CC1(C)CCN(c2nccc(Cl)n2)C1=O. The first-order chi connectivity index (χ1) is 7.00. The van der Waals surface area contributed by atoms with Gasteiger partial charge >= 0.3 is 0 Å². The van der Waals surface area contributed by atoms with Gasteiger partial charge in [-0.2, -0.15) is 0 Å². The Morgan fingerprint density at radius 3 is 2.80 bits per heavy atom. The first-order valence-electron chi connectivity index (χ1n) is 4.81. The number of amides is 1. The molecule has 0 unspecified atom stereocenters. The Morgan fingerprint density at radius 2 is 2.27 bits per heavy atom. The van der Waals surface area contributed by atoms with E-state index >= 15 is 0 Å². The third kappa shape index (κ3) is 1.81. The smallest absolute Gasteiger partial charge is 0.235 e. The van der Waals surface area contributed by atoms with E-state index in [9.17, 15) is 4.79 Å². The van der Waals surface area contributed by atoms with Crippen molar-refractivity contribution in [2.45, 2.75) is 20.3 Å². The van der Waals surface area contributed by atoms with Crippen LogP contribution in [0.2, 0.25) is 5.15 Å². The largest absolute Gasteiger partial charge is 0.280 e. The van der Waals surface area contributed by atoms with Crippen molar-refractivity contribution >= 4 is 23.5 Å². The lowest BCUT2D eigenvalue weighted by Crippen LogP contribution is -2.32. The molecule has 0 atom stereocenters. The molecule has 0 saturated carbocycles. The van der Waals surface area contributed by atoms with E-state index in [1.807, 2.05) is 13.8 Å². The first kappa shape index (κ1) is 10.4. The lowest BCUT2D eigenvalue weighted by atomic mass is 9.92. The van der Waals surface area contributed by atoms with Gasteiger partial charge in [0.2, 0.25) is 11.9 Å². The van der Waals surface area contributed by atoms with E-state index in [-0.39, 0.29) is 11.3 Å². The van der Waals surface area contributed by atoms with Crippen molar-refractivity contribution in [1.29, 1.82) is 0 Å². The number of carbonyl (C=O) groups is 1. The second kappa shape index (κ2) is 3.45. The molecule has 2 heterocycles. The maximum absolute atomic E-state index is 11.9. The number of carbonyl (C=O) groups excluding carboxylic acids is 1. The molecule has 1 amide bonds. The molecule has 0 spiro atoms. The van der Waals surface area contributed by atoms with Crippen LogP contribution in [0.15, 0.2) is 12.3 Å². The van der Waals surface area contributed by atoms with Gasteiger partial charge in [-0.1, -0.05) is 25.4 Å². The van der Waals surface area contributed by atoms with E-state index in [2.05, 4.69) is 9.97 Å². The Kier molecular flexibility index (Phi) is 2.38. The van der Waals surface area contributed by atoms with Gasteiger partial charge < -0.3 is 0 Å². The van der Waals surface area contributed by atoms with Gasteiger partial charge in [-0.15, -0.1) is 0 Å². The van der Waals surface area contributed by atoms with Crippen LogP contribution >= 0.6 is 11.6 Å². The normalized spacial score (nSPS) is 19.7. The number of anilines is 1. The fourth-order valence-corrected chi connectivity index (χ4v) is 1.75. The summed E-state index contributed by atoms with van der Waals surface area (Å²) in [5.74, 6) is 0.461. The zero-order valence-electron chi connectivity index (χ0n) is 8.70. The van der Waals surface area contributed by atoms with Crippen molar-refractivity contribution in [3.8, 4) is 0 Å². The fraction of sp³-hybridized carbons (Fsp3) is 0.500. The van der Waals surface area contributed by atoms with E-state index in [0.717, 1.165) is 6.42 Å². The first-order valence-corrected chi connectivity index (χ1v) is 5.19. The van der Waals surface area contributed by atoms with Gasteiger partial charge in [0, 0.05) is 18.2 Å². The molecule has 0 radical (unpaired) electrons. The van der Waals surface area contributed by atoms with Crippen molar-refractivity contribution in [1.82, 2.24) is 9.97 Å². The molecule has 80 valence electrons. The molecule has 0 bridgehead atoms. The van der Waals surface area contributed by atoms with Crippen LogP contribution in [-0.2, 0) is 4.79 Å². The van der Waals surface area contributed by atoms with E-state index in [4.69, 9.17) is 11.6 Å². The highest BCUT2D eigenvalue weighted by atomic mass is 35.5. The van der Waals surface area contributed by atoms with Gasteiger partial charge in [0.25, 0.3) is 0 Å². The third-order valence-corrected chi connectivity index (χ3v) is 2.85. The summed E-state index contributed by atoms with van der Waals surface area (Å²) >= 11 is 5.75. The van der Waals surface area contributed by atoms with E-state index in [0.29, 0.717) is 17.6 Å². The summed E-state index contributed by atoms with van der Waals surface area (Å²) in [6.07, 6.45) is 2.38. The number of nitrogens with zero attached hydrogens (tertiary/aromatic N) is 3. The summed E-state index contributed by atoms with van der Waals surface area (Å²) < 4.78 is 0. The predicted molar refractivity (Wildman–Crippen MR) is 57.8 cm³/mol. The van der Waals surface area contributed by atoms with E-state index in [1.165, 1.54) is 0 Å². The zero-order valence-corrected chi connectivity index (χ0v) is 9.45. The quantitative estimate of drug-likeness (QED) is 0.686. The summed E-state index contributed by atoms with van der Waals surface area (Å²) in [4.78, 5) is 21.6. The zero-order chi connectivity index (χ0) is 11.1. The van der Waals surface area contributed by atoms with Crippen LogP contribution in [0, 0.1) is 5.41 Å². The molecule has 5 heteroatoms. The second-order valence-corrected chi connectivity index (χ2v) is 4.66. The van der Waals surface area contributed by atoms with Crippen molar-refractivity contribution in [2.75, 3.05) is 11.4 Å². The van der Waals surface area contributed by atoms with Crippen LogP contribution in [0.25, 0.3) is 0 Å². The molecule has 1 fully saturated rings. The van der Waals surface area contributed by atoms with Gasteiger partial charge in [0.1, 0.15) is 5.15 Å². The van der Waals surface area contributed by atoms with Crippen LogP contribution in [0.4, 0.5) is 5.95 Å². The summed E-state index contributed by atoms with van der Waals surface area (Å²) in [6.45, 7) is 4.52. The van der Waals surface area contributed by atoms with Gasteiger partial charge in [0.15, 0.2) is 0 Å². The van der Waals surface area contributed by atoms with Gasteiger partial charge in [-0.05, 0) is 12.5 Å². The molecular formula is C10H12ClN3O. The molecule has 0 aliphatic carbocycles. The minimum Gasteiger partial charge on any atom is -0.280 e. The highest BCUT2D eigenvalue weighted by Gasteiger charge is 2.40. The Bertz CT molecular complexity index is 405. The molecule has 1 aliphatic heterocycles. The van der Waals surface area contributed by atoms with Crippen LogP contribution in [0.3, 0.4) is 0 Å². The number of aromatic nitrogens is 2. The van der Waals surface area contributed by atoms with E-state index < -0.39 is 0 Å². The van der Waals surface area contributed by atoms with Crippen LogP contribution in [-0.4, -0.2) is 22.4 Å². The minimum atomic E-state index is -0.314. The maximum atomic E-state index is 11.9. The molecule has 1 aromatic rings. The Labute approximate surface area is 93.3 Å². The lowest BCUT2D eigenvalue weighted by molar-refractivity contribution is -0.124. The number of hydrogen-bond donors (Lipinski definition) is 0. The predicted octanol–water partition coefficient (Wildman–Crippen LogP) is 1.89. The molecule has 1 aliphatic rings. The van der Waals surface area contributed by atoms with Crippen molar-refractivity contribution in [3.63, 3.8) is 0 Å². The Morgan fingerprint density at radius 1 is 1.53 bits per heavy atom. The molecule has 0 aromatic carbocycles. The number of hydrogen-bond acceptors (Lipinski definition) is 3. The molecule has 15 heavy (non-hydrogen) atoms. The number of halogens is 1. The topological polar surface area (TPSA) is 46.1 Å². The van der Waals surface area contributed by atoms with Crippen molar-refractivity contribution in [3.05, 3.63) is 17.4 Å². The summed E-state index contributed by atoms with van der Waals surface area (Å²) in [5.41, 5.74) is -0.314. The summed E-state index contributed by atoms with van der Waals surface area (Å²) in [6, 6.07) is 1.59. The van der Waals surface area contributed by atoms with E-state index in [1.54, 1.807) is 17.2 Å². The van der Waals surface area contributed by atoms with Gasteiger partial charge in [-0.25, -0.2) is 9.97 Å². The van der Waals surface area contributed by atoms with Crippen LogP contribution in [0.1, 0.15) is 20.3 Å². The van der Waals surface area contributed by atoms with Crippen molar-refractivity contribution < 1.29 is 4.79 Å². The minimum absolute atomic E-state index is 0.0600. The van der Waals surface area contributed by atoms with Gasteiger partial charge in [0.05, 0.1) is 0 Å². The standard InChI is InChI=1S/C10H12ClN3O/c1-10(2)4-6-14(8(10)15)9-12-5-3-7(11)13-9/h3,5H,4,6H2,1-2H3. The summed E-state index contributed by atoms with van der Waals surface area (Å²) in [5, 5.41) is 0.359. The highest BCUT2D eigenvalue weighted by Crippen LogP contribution is 2.32. The molecule has 2 rings (SSSR count). The Balaban J connectivity index is 2.31. The van der Waals surface area contributed by atoms with Crippen molar-refractivity contribution in [2.24, 2.45) is 5.41 Å². The monoisotopic (exact) mass is 225 g/mol. The highest BCUT2D eigenvalue weighted by molar-refractivity contribution is 6.29. The number of rotatable bonds is 1. The van der Waals surface area contributed by atoms with Crippen LogP contribution in [0.5, 0.6) is 0 Å². The second-order valence-electron chi connectivity index (χ2n) is 4.27. The molecule has 4 nitrogen and oxygen atoms in total. The molecule has 1 saturated heterocycles. The average Bonchev–Trinajstić information content (AvgIpc) is 2.42. The molecule has 0 N–H and O–H groups in total. The Hall–Kier alpha value is -1.16. The third-order valence-electron chi connectivity index (χ3n) is 2.63. The molecular weight excluding hydrogens is 214 g/mol. The summed E-state index contributed by atoms with van der Waals surface area (Å²) in [7, 11) is 0. The maximum Gasteiger partial charge on any atom is 0.235 e. The fourth-order valence-electron chi connectivity index (χ4n) is 1.61. The van der Waals surface area contributed by atoms with Gasteiger partial charge in [-0.3, -0.25) is 9.69 Å². The average molecular weight is 226 g/mol. The van der Waals surface area contributed by atoms with Crippen LogP contribution < -0.4 is 4.90 Å².